The number of H-pyrrole nitrogens is 1. The van der Waals surface area contributed by atoms with Crippen LogP contribution < -0.4 is 11.5 Å². The van der Waals surface area contributed by atoms with Crippen molar-refractivity contribution in [3.63, 3.8) is 0 Å². The number of aliphatic imine (C=N–C) groups is 4. The number of hydrogen-bond acceptors (Lipinski definition) is 9. The summed E-state index contributed by atoms with van der Waals surface area (Å²) in [5, 5.41) is 0.296. The lowest BCUT2D eigenvalue weighted by molar-refractivity contribution is 0.670. The highest BCUT2D eigenvalue weighted by molar-refractivity contribution is 6.50. The zero-order valence-corrected chi connectivity index (χ0v) is 12.2. The molecule has 2 aromatic heterocycles. The predicted molar refractivity (Wildman–Crippen MR) is 85.6 cm³/mol. The summed E-state index contributed by atoms with van der Waals surface area (Å²) in [6.07, 6.45) is 4.34. The van der Waals surface area contributed by atoms with Gasteiger partial charge < -0.3 is 16.5 Å². The van der Waals surface area contributed by atoms with Crippen LogP contribution in [0.1, 0.15) is 6.92 Å². The van der Waals surface area contributed by atoms with Gasteiger partial charge in [0.25, 0.3) is 0 Å². The molecule has 0 aliphatic carbocycles. The third-order valence-electron chi connectivity index (χ3n) is 2.82. The minimum Gasteiger partial charge on any atom is -0.368 e. The van der Waals surface area contributed by atoms with Gasteiger partial charge in [0.05, 0.1) is 6.33 Å². The molecule has 22 heavy (non-hydrogen) atoms. The lowest BCUT2D eigenvalue weighted by Gasteiger charge is -2.20. The number of halogens is 1. The quantitative estimate of drug-likeness (QED) is 0.590. The number of anilines is 1. The number of rotatable bonds is 0. The first-order valence-corrected chi connectivity index (χ1v) is 6.49. The molecule has 0 amide bonds. The van der Waals surface area contributed by atoms with Crippen molar-refractivity contribution in [2.75, 3.05) is 5.73 Å². The molecule has 0 fully saturated rings. The Hall–Kier alpha value is -2.72. The Morgan fingerprint density at radius 3 is 2.82 bits per heavy atom. The minimum atomic E-state index is -0.756. The van der Waals surface area contributed by atoms with Gasteiger partial charge in [-0.1, -0.05) is 11.6 Å². The molecule has 5 N–H and O–H groups in total. The van der Waals surface area contributed by atoms with E-state index in [0.717, 1.165) is 0 Å². The molecule has 1 atom stereocenters. The zero-order chi connectivity index (χ0) is 15.7. The standard InChI is InChI=1S/C6H7N5.C5H4ClN5/c1-6(7)4-5(9-2-8-4)10-3-11-6;6-3-2-4(9-1-8-2)11-5(7)10-3/h2-3H,7H2,1H3;1H,(H3,7,8,9,10,11). The van der Waals surface area contributed by atoms with Gasteiger partial charge >= 0.3 is 0 Å². The summed E-state index contributed by atoms with van der Waals surface area (Å²) in [6, 6.07) is 0. The highest BCUT2D eigenvalue weighted by Crippen LogP contribution is 2.16. The Labute approximate surface area is 129 Å². The molecule has 112 valence electrons. The van der Waals surface area contributed by atoms with Gasteiger partial charge in [-0.25, -0.2) is 25.0 Å². The van der Waals surface area contributed by atoms with E-state index in [4.69, 9.17) is 23.1 Å². The molecule has 2 aliphatic rings. The molecule has 0 saturated heterocycles. The second kappa shape index (κ2) is 5.24. The monoisotopic (exact) mass is 318 g/mol. The molecule has 0 aromatic carbocycles. The summed E-state index contributed by atoms with van der Waals surface area (Å²) in [7, 11) is 0. The average molecular weight is 319 g/mol. The molecule has 2 aliphatic heterocycles. The van der Waals surface area contributed by atoms with Crippen LogP contribution >= 0.6 is 11.6 Å². The molecule has 11 heteroatoms. The van der Waals surface area contributed by atoms with Crippen LogP contribution in [0.15, 0.2) is 26.3 Å². The van der Waals surface area contributed by atoms with Crippen molar-refractivity contribution in [1.82, 2.24) is 19.9 Å². The van der Waals surface area contributed by atoms with E-state index in [1.165, 1.54) is 19.0 Å². The molecule has 10 nitrogen and oxygen atoms in total. The number of nitrogens with one attached hydrogen (secondary N) is 1. The number of nitrogens with zero attached hydrogens (tertiary/aromatic N) is 7. The van der Waals surface area contributed by atoms with Crippen LogP contribution in [0.4, 0.5) is 5.95 Å². The fourth-order valence-corrected chi connectivity index (χ4v) is 2.02. The van der Waals surface area contributed by atoms with Crippen molar-refractivity contribution in [1.29, 1.82) is 0 Å². The van der Waals surface area contributed by atoms with Gasteiger partial charge in [0.2, 0.25) is 5.95 Å². The van der Waals surface area contributed by atoms with Crippen LogP contribution in [0.5, 0.6) is 0 Å². The maximum Gasteiger partial charge on any atom is 0.223 e. The molecule has 0 saturated carbocycles. The van der Waals surface area contributed by atoms with Crippen LogP contribution in [0.2, 0.25) is 5.15 Å². The van der Waals surface area contributed by atoms with Crippen molar-refractivity contribution in [3.8, 4) is 0 Å². The zero-order valence-electron chi connectivity index (χ0n) is 11.4. The van der Waals surface area contributed by atoms with E-state index in [2.05, 4.69) is 39.9 Å². The van der Waals surface area contributed by atoms with Crippen molar-refractivity contribution >= 4 is 52.9 Å². The van der Waals surface area contributed by atoms with E-state index < -0.39 is 5.66 Å². The molecule has 4 rings (SSSR count). The summed E-state index contributed by atoms with van der Waals surface area (Å²) in [5.74, 6) is 0.708. The normalized spacial score (nSPS) is 22.0. The first-order chi connectivity index (χ1) is 10.5. The van der Waals surface area contributed by atoms with E-state index in [-0.39, 0.29) is 5.95 Å². The van der Waals surface area contributed by atoms with E-state index in [1.54, 1.807) is 6.92 Å². The second-order valence-corrected chi connectivity index (χ2v) is 4.90. The Kier molecular flexibility index (Phi) is 3.39. The smallest absolute Gasteiger partial charge is 0.223 e. The lowest BCUT2D eigenvalue weighted by Crippen LogP contribution is -2.47. The number of amidine groups is 1. The maximum atomic E-state index is 5.77. The largest absolute Gasteiger partial charge is 0.368 e. The van der Waals surface area contributed by atoms with Gasteiger partial charge in [0.15, 0.2) is 22.3 Å². The summed E-state index contributed by atoms with van der Waals surface area (Å²) in [4.78, 5) is 30.0. The van der Waals surface area contributed by atoms with Crippen LogP contribution in [-0.4, -0.2) is 49.8 Å². The van der Waals surface area contributed by atoms with Gasteiger partial charge in [-0.15, -0.1) is 0 Å². The van der Waals surface area contributed by atoms with E-state index >= 15 is 0 Å². The van der Waals surface area contributed by atoms with Gasteiger partial charge in [-0.2, -0.15) is 9.97 Å². The first-order valence-electron chi connectivity index (χ1n) is 6.11. The summed E-state index contributed by atoms with van der Waals surface area (Å²) >= 11 is 5.70. The van der Waals surface area contributed by atoms with Crippen molar-refractivity contribution < 1.29 is 0 Å². The molecular weight excluding hydrogens is 308 g/mol. The SMILES string of the molecule is CC1(N)N=CN=C2N=CN=C21.Nc1nc(Cl)c2[nH]cnc2n1. The molecule has 0 bridgehead atoms. The summed E-state index contributed by atoms with van der Waals surface area (Å²) in [5.41, 5.74) is 12.1. The van der Waals surface area contributed by atoms with Crippen LogP contribution in [0.25, 0.3) is 11.2 Å². The van der Waals surface area contributed by atoms with Gasteiger partial charge in [-0.05, 0) is 6.92 Å². The number of fused-ring (bicyclic) bond motifs is 2. The molecule has 2 aromatic rings. The maximum absolute atomic E-state index is 5.77. The Morgan fingerprint density at radius 2 is 2.05 bits per heavy atom. The van der Waals surface area contributed by atoms with Crippen molar-refractivity contribution in [3.05, 3.63) is 11.5 Å². The Morgan fingerprint density at radius 1 is 1.23 bits per heavy atom. The number of aromatic nitrogens is 4. The van der Waals surface area contributed by atoms with Crippen LogP contribution in [0.3, 0.4) is 0 Å². The van der Waals surface area contributed by atoms with Crippen molar-refractivity contribution in [2.24, 2.45) is 25.7 Å². The highest BCUT2D eigenvalue weighted by atomic mass is 35.5. The highest BCUT2D eigenvalue weighted by Gasteiger charge is 2.32. The minimum absolute atomic E-state index is 0.134. The topological polar surface area (TPSA) is 156 Å². The van der Waals surface area contributed by atoms with Gasteiger partial charge in [0.1, 0.15) is 23.9 Å². The van der Waals surface area contributed by atoms with Crippen LogP contribution in [0, 0.1) is 0 Å². The third-order valence-corrected chi connectivity index (χ3v) is 3.10. The molecule has 0 radical (unpaired) electrons. The first kappa shape index (κ1) is 14.2. The molecule has 1 unspecified atom stereocenters. The van der Waals surface area contributed by atoms with E-state index in [9.17, 15) is 0 Å². The number of nitrogens with two attached hydrogens (primary N) is 2. The molecule has 0 spiro atoms. The van der Waals surface area contributed by atoms with E-state index in [1.807, 2.05) is 0 Å². The van der Waals surface area contributed by atoms with Gasteiger partial charge in [-0.3, -0.25) is 0 Å². The molecule has 4 heterocycles. The lowest BCUT2D eigenvalue weighted by atomic mass is 10.1. The van der Waals surface area contributed by atoms with Crippen LogP contribution in [-0.2, 0) is 0 Å². The summed E-state index contributed by atoms with van der Waals surface area (Å²) < 4.78 is 0. The Bertz CT molecular complexity index is 844. The number of aromatic amines is 1. The molecular formula is C11H11ClN10. The van der Waals surface area contributed by atoms with E-state index in [0.29, 0.717) is 27.9 Å². The predicted octanol–water partition coefficient (Wildman–Crippen LogP) is 0.173. The number of imidazole rings is 1. The summed E-state index contributed by atoms with van der Waals surface area (Å²) in [6.45, 7) is 1.77. The number of nitrogen functional groups attached to an aromatic ring is 1. The van der Waals surface area contributed by atoms with Crippen molar-refractivity contribution in [2.45, 2.75) is 12.6 Å². The second-order valence-electron chi connectivity index (χ2n) is 4.54. The average Bonchev–Trinajstić information content (AvgIpc) is 3.07. The fourth-order valence-electron chi connectivity index (χ4n) is 1.79. The Balaban J connectivity index is 0.000000131. The third kappa shape index (κ3) is 2.56. The van der Waals surface area contributed by atoms with Gasteiger partial charge in [0, 0.05) is 0 Å². The number of hydrogen-bond donors (Lipinski definition) is 3. The fraction of sp³-hybridized carbons (Fsp3) is 0.182.